The maximum absolute atomic E-state index is 10.7. The van der Waals surface area contributed by atoms with Gasteiger partial charge in [-0.2, -0.15) is 9.59 Å². The minimum absolute atomic E-state index is 0. The number of carbonyl (C=O) groups is 1. The van der Waals surface area contributed by atoms with E-state index < -0.39 is 5.97 Å². The molecule has 0 fully saturated rings. The summed E-state index contributed by atoms with van der Waals surface area (Å²) in [6.07, 6.45) is 47.1. The van der Waals surface area contributed by atoms with Gasteiger partial charge in [0.1, 0.15) is 0 Å². The largest absolute Gasteiger partial charge is 1.00 e. The van der Waals surface area contributed by atoms with Crippen LogP contribution in [0.15, 0.2) is 173 Å². The van der Waals surface area contributed by atoms with Gasteiger partial charge in [-0.25, -0.2) is 12.2 Å². The standard InChI is InChI=1S/C39H47O2.CO2.2Na/c1-9-10-11-19-32(2)22-14-25-35(5)26-15-23-33(3)20-12-13-21-34(4)24-16-27-36(6)28-17-29-37(7)30-18-31-38(8)39(40)41;2-1-3;;/h10-31H,1-8H3,(H,40,41);;;/q-1;;2*+1/p-1/b13-12+,19-11+,23-15+,24-16+,25-14+,28-17+,30-18+,32-22+,33-20+,34-21+,35-26+,36-27+,37-29+,38-31+;;;. The summed E-state index contributed by atoms with van der Waals surface area (Å²) < 4.78 is 0. The van der Waals surface area contributed by atoms with Gasteiger partial charge in [-0.1, -0.05) is 149 Å². The van der Waals surface area contributed by atoms with Crippen molar-refractivity contribution in [3.8, 4) is 0 Å². The summed E-state index contributed by atoms with van der Waals surface area (Å²) in [5.74, 6) is -1.16. The molecular formula is C40H46Na2O4. The van der Waals surface area contributed by atoms with Crippen LogP contribution >= 0.6 is 0 Å². The van der Waals surface area contributed by atoms with E-state index in [1.807, 2.05) is 75.5 Å². The van der Waals surface area contributed by atoms with E-state index in [0.717, 1.165) is 16.7 Å². The zero-order chi connectivity index (χ0) is 33.6. The maximum Gasteiger partial charge on any atom is 1.00 e. The summed E-state index contributed by atoms with van der Waals surface area (Å²) in [7, 11) is 0. The second kappa shape index (κ2) is 34.8. The van der Waals surface area contributed by atoms with Crippen LogP contribution in [-0.4, -0.2) is 12.1 Å². The Morgan fingerprint density at radius 1 is 0.478 bits per heavy atom. The third-order valence-corrected chi connectivity index (χ3v) is 5.35. The molecule has 0 saturated carbocycles. The van der Waals surface area contributed by atoms with Gasteiger partial charge in [-0.3, -0.25) is 6.08 Å². The van der Waals surface area contributed by atoms with Crippen molar-refractivity contribution in [2.75, 3.05) is 0 Å². The van der Waals surface area contributed by atoms with Gasteiger partial charge in [0.15, 0.2) is 0 Å². The van der Waals surface area contributed by atoms with E-state index in [-0.39, 0.29) is 70.8 Å². The molecule has 0 heterocycles. The number of hydrogen-bond donors (Lipinski definition) is 0. The molecule has 6 heteroatoms. The number of carboxylic acids is 1. The predicted molar refractivity (Wildman–Crippen MR) is 184 cm³/mol. The van der Waals surface area contributed by atoms with Gasteiger partial charge in [-0.15, -0.1) is 13.0 Å². The Morgan fingerprint density at radius 3 is 0.978 bits per heavy atom. The molecule has 46 heavy (non-hydrogen) atoms. The Morgan fingerprint density at radius 2 is 0.717 bits per heavy atom. The third-order valence-electron chi connectivity index (χ3n) is 5.35. The molecule has 0 N–H and O–H groups in total. The molecule has 0 unspecified atom stereocenters. The van der Waals surface area contributed by atoms with Crippen molar-refractivity contribution in [1.29, 1.82) is 0 Å². The minimum Gasteiger partial charge on any atom is -0.545 e. The first-order valence-corrected chi connectivity index (χ1v) is 14.1. The van der Waals surface area contributed by atoms with Gasteiger partial charge in [0.05, 0.1) is 5.97 Å². The molecule has 4 nitrogen and oxygen atoms in total. The van der Waals surface area contributed by atoms with E-state index in [2.05, 4.69) is 101 Å². The van der Waals surface area contributed by atoms with E-state index in [1.54, 1.807) is 6.08 Å². The van der Waals surface area contributed by atoms with Crippen molar-refractivity contribution < 1.29 is 78.6 Å². The number of carboxylic acid groups (broad SMARTS) is 1. The minimum atomic E-state index is -1.16. The Balaban J connectivity index is -0.00000169. The molecule has 0 bridgehead atoms. The van der Waals surface area contributed by atoms with Crippen LogP contribution in [0.25, 0.3) is 0 Å². The molecule has 0 radical (unpaired) electrons. The normalized spacial score (nSPS) is 14.7. The fourth-order valence-corrected chi connectivity index (χ4v) is 2.86. The second-order valence-corrected chi connectivity index (χ2v) is 9.68. The van der Waals surface area contributed by atoms with E-state index in [1.165, 1.54) is 29.7 Å². The van der Waals surface area contributed by atoms with Crippen molar-refractivity contribution in [3.63, 3.8) is 0 Å². The summed E-state index contributed by atoms with van der Waals surface area (Å²) in [6, 6.07) is 0. The van der Waals surface area contributed by atoms with Crippen molar-refractivity contribution in [1.82, 2.24) is 0 Å². The molecule has 0 aliphatic rings. The maximum atomic E-state index is 10.7. The molecule has 0 atom stereocenters. The van der Waals surface area contributed by atoms with Gasteiger partial charge < -0.3 is 9.90 Å². The zero-order valence-electron chi connectivity index (χ0n) is 29.3. The summed E-state index contributed by atoms with van der Waals surface area (Å²) >= 11 is 0. The van der Waals surface area contributed by atoms with Crippen LogP contribution < -0.4 is 64.2 Å². The number of carbonyl (C=O) groups excluding carboxylic acids is 3. The van der Waals surface area contributed by atoms with Crippen molar-refractivity contribution >= 4 is 12.1 Å². The summed E-state index contributed by atoms with van der Waals surface area (Å²) in [5.41, 5.74) is 7.04. The van der Waals surface area contributed by atoms with E-state index in [4.69, 9.17) is 9.59 Å². The van der Waals surface area contributed by atoms with Crippen LogP contribution in [0.4, 0.5) is 0 Å². The fraction of sp³-hybridized carbons (Fsp3) is 0.200. The van der Waals surface area contributed by atoms with Gasteiger partial charge in [0.25, 0.3) is 0 Å². The molecule has 0 aromatic carbocycles. The number of aliphatic carboxylic acids is 1. The summed E-state index contributed by atoms with van der Waals surface area (Å²) in [4.78, 5) is 26.9. The monoisotopic (exact) mass is 636 g/mol. The SMILES string of the molecule is C[C-]=C/C=C/C(C)=C/C=C/C(C)=C/C=C/C(C)=C/C=C/C=C(C)/C=C/C=C(C)/C=C/C=C(C)/C=C/C=C(\C)C(=O)[O-].O=C=O.[Na+].[Na+]. The summed E-state index contributed by atoms with van der Waals surface area (Å²) in [6.45, 7) is 15.7. The number of rotatable bonds is 15. The Labute approximate surface area is 322 Å². The van der Waals surface area contributed by atoms with Crippen LogP contribution in [-0.2, 0) is 14.4 Å². The molecule has 232 valence electrons. The van der Waals surface area contributed by atoms with Crippen LogP contribution in [0, 0.1) is 6.08 Å². The van der Waals surface area contributed by atoms with Gasteiger partial charge >= 0.3 is 65.3 Å². The van der Waals surface area contributed by atoms with Crippen molar-refractivity contribution in [2.24, 2.45) is 0 Å². The molecule has 0 spiro atoms. The van der Waals surface area contributed by atoms with Crippen LogP contribution in [0.5, 0.6) is 0 Å². The Bertz CT molecular complexity index is 1400. The number of hydrogen-bond acceptors (Lipinski definition) is 4. The van der Waals surface area contributed by atoms with Gasteiger partial charge in [-0.05, 0) is 54.0 Å². The van der Waals surface area contributed by atoms with Gasteiger partial charge in [0.2, 0.25) is 0 Å². The van der Waals surface area contributed by atoms with Crippen LogP contribution in [0.3, 0.4) is 0 Å². The van der Waals surface area contributed by atoms with E-state index in [9.17, 15) is 9.90 Å². The predicted octanol–water partition coefficient (Wildman–Crippen LogP) is 3.06. The topological polar surface area (TPSA) is 74.3 Å². The first kappa shape index (κ1) is 49.8. The smallest absolute Gasteiger partial charge is 0.545 e. The first-order chi connectivity index (χ1) is 21.0. The van der Waals surface area contributed by atoms with E-state index in [0.29, 0.717) is 0 Å². The second-order valence-electron chi connectivity index (χ2n) is 9.68. The average molecular weight is 637 g/mol. The summed E-state index contributed by atoms with van der Waals surface area (Å²) in [5, 5.41) is 10.7. The molecule has 0 aromatic rings. The van der Waals surface area contributed by atoms with Gasteiger partial charge in [0, 0.05) is 0 Å². The molecule has 0 rings (SSSR count). The zero-order valence-corrected chi connectivity index (χ0v) is 33.3. The van der Waals surface area contributed by atoms with Crippen LogP contribution in [0.2, 0.25) is 0 Å². The third kappa shape index (κ3) is 35.4. The fourth-order valence-electron chi connectivity index (χ4n) is 2.86. The van der Waals surface area contributed by atoms with Crippen molar-refractivity contribution in [2.45, 2.75) is 55.4 Å². The molecule has 0 aromatic heterocycles. The molecule has 0 saturated heterocycles. The molecule has 0 aliphatic carbocycles. The average Bonchev–Trinajstić information content (AvgIpc) is 2.95. The first-order valence-electron chi connectivity index (χ1n) is 14.1. The molecule has 0 amide bonds. The quantitative estimate of drug-likeness (QED) is 0.120. The molecule has 0 aliphatic heterocycles. The van der Waals surface area contributed by atoms with Crippen LogP contribution in [0.1, 0.15) is 55.4 Å². The molecular weight excluding hydrogens is 590 g/mol. The van der Waals surface area contributed by atoms with E-state index >= 15 is 0 Å². The Kier molecular flexibility index (Phi) is 37.7. The van der Waals surface area contributed by atoms with Crippen molar-refractivity contribution in [3.05, 3.63) is 179 Å². The number of allylic oxidation sites excluding steroid dienone is 29. The Hall–Kier alpha value is -3.05.